The lowest BCUT2D eigenvalue weighted by Crippen LogP contribution is -1.84. The van der Waals surface area contributed by atoms with Gasteiger partial charge in [-0.15, -0.1) is 0 Å². The number of hydrogen-bond acceptors (Lipinski definition) is 1. The highest BCUT2D eigenvalue weighted by Crippen LogP contribution is 2.22. The van der Waals surface area contributed by atoms with Gasteiger partial charge in [-0.2, -0.15) is 0 Å². The van der Waals surface area contributed by atoms with Crippen LogP contribution in [0.25, 0.3) is 0 Å². The molecule has 0 spiro atoms. The van der Waals surface area contributed by atoms with Gasteiger partial charge in [0.15, 0.2) is 0 Å². The summed E-state index contributed by atoms with van der Waals surface area (Å²) in [7, 11) is 4.00. The lowest BCUT2D eigenvalue weighted by atomic mass is 10.2. The van der Waals surface area contributed by atoms with Gasteiger partial charge in [0.25, 0.3) is 0 Å². The van der Waals surface area contributed by atoms with Gasteiger partial charge in [-0.3, -0.25) is 0 Å². The molecule has 0 N–H and O–H groups in total. The zero-order valence-electron chi connectivity index (χ0n) is 5.80. The SMILES string of the molecule is Cc1ccc(Br)c(S(=O)Cl)c1. The molecule has 1 aromatic rings. The predicted octanol–water partition coefficient (Wildman–Crippen LogP) is 3.02. The van der Waals surface area contributed by atoms with Gasteiger partial charge in [-0.1, -0.05) is 6.07 Å². The van der Waals surface area contributed by atoms with E-state index in [1.54, 1.807) is 6.07 Å². The first-order chi connectivity index (χ1) is 5.11. The maximum absolute atomic E-state index is 10.9. The average molecular weight is 254 g/mol. The highest BCUT2D eigenvalue weighted by atomic mass is 79.9. The van der Waals surface area contributed by atoms with Crippen molar-refractivity contribution in [3.8, 4) is 0 Å². The van der Waals surface area contributed by atoms with E-state index in [9.17, 15) is 4.21 Å². The molecule has 0 aromatic heterocycles. The molecule has 60 valence electrons. The van der Waals surface area contributed by atoms with E-state index in [4.69, 9.17) is 10.7 Å². The molecule has 0 fully saturated rings. The summed E-state index contributed by atoms with van der Waals surface area (Å²) in [5.74, 6) is 0. The standard InChI is InChI=1S/C7H6BrClOS/c1-5-2-3-6(8)7(4-5)11(9)10/h2-4H,1H3. The number of hydrogen-bond donors (Lipinski definition) is 0. The van der Waals surface area contributed by atoms with E-state index in [0.717, 1.165) is 10.0 Å². The second kappa shape index (κ2) is 3.70. The molecule has 1 nitrogen and oxygen atoms in total. The van der Waals surface area contributed by atoms with E-state index in [2.05, 4.69) is 15.9 Å². The zero-order valence-corrected chi connectivity index (χ0v) is 8.96. The van der Waals surface area contributed by atoms with Crippen LogP contribution in [0.15, 0.2) is 27.6 Å². The van der Waals surface area contributed by atoms with E-state index in [1.165, 1.54) is 0 Å². The third-order valence-corrected chi connectivity index (χ3v) is 3.40. The van der Waals surface area contributed by atoms with Crippen molar-refractivity contribution in [2.45, 2.75) is 11.8 Å². The van der Waals surface area contributed by atoms with E-state index in [-0.39, 0.29) is 0 Å². The Morgan fingerprint density at radius 3 is 2.64 bits per heavy atom. The largest absolute Gasteiger partial charge is 0.237 e. The second-order valence-electron chi connectivity index (χ2n) is 2.16. The minimum absolute atomic E-state index is 0.631. The molecule has 0 radical (unpaired) electrons. The van der Waals surface area contributed by atoms with Crippen LogP contribution in [0, 0.1) is 6.92 Å². The fraction of sp³-hybridized carbons (Fsp3) is 0.143. The third-order valence-electron chi connectivity index (χ3n) is 1.26. The highest BCUT2D eigenvalue weighted by Gasteiger charge is 2.04. The van der Waals surface area contributed by atoms with Crippen LogP contribution in [0.5, 0.6) is 0 Å². The first-order valence-corrected chi connectivity index (χ1v) is 5.72. The van der Waals surface area contributed by atoms with Crippen molar-refractivity contribution in [2.75, 3.05) is 0 Å². The third kappa shape index (κ3) is 2.29. The highest BCUT2D eigenvalue weighted by molar-refractivity contribution is 9.10. The Morgan fingerprint density at radius 1 is 1.55 bits per heavy atom. The molecule has 11 heavy (non-hydrogen) atoms. The van der Waals surface area contributed by atoms with Crippen LogP contribution in [-0.4, -0.2) is 4.21 Å². The molecule has 0 bridgehead atoms. The minimum atomic E-state index is -1.43. The number of aryl methyl sites for hydroxylation is 1. The van der Waals surface area contributed by atoms with Crippen LogP contribution in [-0.2, 0) is 10.0 Å². The number of benzene rings is 1. The predicted molar refractivity (Wildman–Crippen MR) is 51.1 cm³/mol. The zero-order chi connectivity index (χ0) is 8.43. The Labute approximate surface area is 80.8 Å². The average Bonchev–Trinajstić information content (AvgIpc) is 1.94. The minimum Gasteiger partial charge on any atom is -0.237 e. The summed E-state index contributed by atoms with van der Waals surface area (Å²) in [6, 6.07) is 5.56. The van der Waals surface area contributed by atoms with Crippen LogP contribution < -0.4 is 0 Å². The van der Waals surface area contributed by atoms with Crippen LogP contribution in [0.4, 0.5) is 0 Å². The summed E-state index contributed by atoms with van der Waals surface area (Å²) in [6.45, 7) is 1.93. The Hall–Kier alpha value is 0.140. The van der Waals surface area contributed by atoms with Crippen molar-refractivity contribution in [3.63, 3.8) is 0 Å². The van der Waals surface area contributed by atoms with Gasteiger partial charge in [0.05, 0.1) is 4.90 Å². The maximum atomic E-state index is 10.9. The fourth-order valence-electron chi connectivity index (χ4n) is 0.734. The Kier molecular flexibility index (Phi) is 3.10. The smallest absolute Gasteiger partial charge is 0.148 e. The molecule has 1 rings (SSSR count). The summed E-state index contributed by atoms with van der Waals surface area (Å²) in [5.41, 5.74) is 1.05. The molecule has 1 unspecified atom stereocenters. The van der Waals surface area contributed by atoms with Gasteiger partial charge >= 0.3 is 0 Å². The summed E-state index contributed by atoms with van der Waals surface area (Å²) in [4.78, 5) is 0.631. The molecule has 0 aliphatic carbocycles. The lowest BCUT2D eigenvalue weighted by molar-refractivity contribution is 0.691. The van der Waals surface area contributed by atoms with Crippen molar-refractivity contribution in [1.82, 2.24) is 0 Å². The van der Waals surface area contributed by atoms with Gasteiger partial charge in [0.1, 0.15) is 10.0 Å². The van der Waals surface area contributed by atoms with Gasteiger partial charge < -0.3 is 0 Å². The molecule has 1 atom stereocenters. The summed E-state index contributed by atoms with van der Waals surface area (Å²) < 4.78 is 11.7. The van der Waals surface area contributed by atoms with Crippen molar-refractivity contribution < 1.29 is 4.21 Å². The number of halogens is 2. The van der Waals surface area contributed by atoms with Gasteiger partial charge in [0.2, 0.25) is 0 Å². The molecule has 0 aliphatic heterocycles. The molecule has 4 heteroatoms. The summed E-state index contributed by atoms with van der Waals surface area (Å²) >= 11 is 3.25. The molecule has 0 aliphatic rings. The van der Waals surface area contributed by atoms with Gasteiger partial charge in [-0.05, 0) is 51.2 Å². The Balaban J connectivity index is 3.23. The van der Waals surface area contributed by atoms with Crippen molar-refractivity contribution >= 4 is 36.6 Å². The lowest BCUT2D eigenvalue weighted by Gasteiger charge is -1.99. The summed E-state index contributed by atoms with van der Waals surface area (Å²) in [6.07, 6.45) is 0. The van der Waals surface area contributed by atoms with Crippen LogP contribution in [0.3, 0.4) is 0 Å². The molecular formula is C7H6BrClOS. The normalized spacial score (nSPS) is 13.0. The molecule has 1 aromatic carbocycles. The molecule has 0 saturated carbocycles. The van der Waals surface area contributed by atoms with Crippen LogP contribution in [0.1, 0.15) is 5.56 Å². The topological polar surface area (TPSA) is 17.1 Å². The van der Waals surface area contributed by atoms with Gasteiger partial charge in [0, 0.05) is 4.47 Å². The Morgan fingerprint density at radius 2 is 2.18 bits per heavy atom. The van der Waals surface area contributed by atoms with Gasteiger partial charge in [-0.25, -0.2) is 4.21 Å². The van der Waals surface area contributed by atoms with E-state index in [1.807, 2.05) is 19.1 Å². The van der Waals surface area contributed by atoms with Crippen molar-refractivity contribution in [3.05, 3.63) is 28.2 Å². The number of rotatable bonds is 1. The van der Waals surface area contributed by atoms with Crippen molar-refractivity contribution in [2.24, 2.45) is 0 Å². The van der Waals surface area contributed by atoms with Crippen LogP contribution in [0.2, 0.25) is 0 Å². The molecule has 0 amide bonds. The van der Waals surface area contributed by atoms with Crippen LogP contribution >= 0.6 is 26.6 Å². The molecule has 0 saturated heterocycles. The fourth-order valence-corrected chi connectivity index (χ4v) is 2.58. The molecule has 0 heterocycles. The van der Waals surface area contributed by atoms with E-state index < -0.39 is 10.0 Å². The maximum Gasteiger partial charge on any atom is 0.148 e. The quantitative estimate of drug-likeness (QED) is 0.703. The Bertz CT molecular complexity index is 300. The van der Waals surface area contributed by atoms with E-state index >= 15 is 0 Å². The van der Waals surface area contributed by atoms with Crippen molar-refractivity contribution in [1.29, 1.82) is 0 Å². The monoisotopic (exact) mass is 252 g/mol. The first-order valence-electron chi connectivity index (χ1n) is 2.95. The molecular weight excluding hydrogens is 248 g/mol. The first kappa shape index (κ1) is 9.23. The van der Waals surface area contributed by atoms with E-state index in [0.29, 0.717) is 4.90 Å². The summed E-state index contributed by atoms with van der Waals surface area (Å²) in [5, 5.41) is 0. The second-order valence-corrected chi connectivity index (χ2v) is 4.74.